The fourth-order valence-corrected chi connectivity index (χ4v) is 5.96. The van der Waals surface area contributed by atoms with Crippen LogP contribution in [0, 0.1) is 0 Å². The minimum atomic E-state index is 0.449. The molecule has 2 aliphatic carbocycles. The van der Waals surface area contributed by atoms with Gasteiger partial charge in [0.05, 0.1) is 0 Å². The second-order valence-corrected chi connectivity index (χ2v) is 9.50. The van der Waals surface area contributed by atoms with Crippen LogP contribution in [0.1, 0.15) is 119 Å². The molecule has 1 fully saturated rings. The number of rotatable bonds is 11. The molecule has 1 saturated carbocycles. The van der Waals surface area contributed by atoms with Crippen molar-refractivity contribution in [2.24, 2.45) is 0 Å². The Bertz CT molecular complexity index is 838. The number of benzene rings is 2. The number of phenols is 2. The number of hydrogen-bond donors (Lipinski definition) is 2. The maximum Gasteiger partial charge on any atom is 0.127 e. The Morgan fingerprint density at radius 2 is 1.34 bits per heavy atom. The number of fused-ring (bicyclic) bond motifs is 6. The zero-order chi connectivity index (χ0) is 20.2. The molecule has 2 heteroatoms. The highest BCUT2D eigenvalue weighted by Gasteiger charge is 2.42. The summed E-state index contributed by atoms with van der Waals surface area (Å²) in [5.74, 6) is 1.83. The molecule has 2 aromatic carbocycles. The Labute approximate surface area is 176 Å². The number of aromatic hydroxyl groups is 2. The Hall–Kier alpha value is -1.70. The van der Waals surface area contributed by atoms with Crippen LogP contribution in [0.25, 0.3) is 10.8 Å². The summed E-state index contributed by atoms with van der Waals surface area (Å²) in [5, 5.41) is 23.9. The topological polar surface area (TPSA) is 40.5 Å². The lowest BCUT2D eigenvalue weighted by Crippen LogP contribution is -2.01. The minimum absolute atomic E-state index is 0.449. The van der Waals surface area contributed by atoms with Crippen molar-refractivity contribution in [1.82, 2.24) is 0 Å². The Balaban J connectivity index is 1.36. The standard InChI is InChI=1S/C27H38O2/c1-2-3-4-5-6-7-8-9-10-11-13-19-14-12-15-22-23(19)27(29)25-21-17-16-20(18-21)24(25)26(22)28/h12,14-15,20-21,28-29H,2-11,13,16-18H2,1H3. The van der Waals surface area contributed by atoms with E-state index in [-0.39, 0.29) is 0 Å². The van der Waals surface area contributed by atoms with Crippen LogP contribution in [-0.2, 0) is 6.42 Å². The SMILES string of the molecule is CCCCCCCCCCCCc1cccc2c(O)c3c(c(O)c12)C1CCC3C1. The number of aryl methyl sites for hydroxylation is 1. The molecule has 0 saturated heterocycles. The van der Waals surface area contributed by atoms with E-state index in [0.717, 1.165) is 54.0 Å². The molecule has 2 aliphatic rings. The van der Waals surface area contributed by atoms with Gasteiger partial charge in [-0.1, -0.05) is 82.9 Å². The van der Waals surface area contributed by atoms with Gasteiger partial charge in [0.25, 0.3) is 0 Å². The van der Waals surface area contributed by atoms with Crippen LogP contribution in [0.3, 0.4) is 0 Å². The smallest absolute Gasteiger partial charge is 0.127 e. The van der Waals surface area contributed by atoms with Crippen molar-refractivity contribution in [3.63, 3.8) is 0 Å². The van der Waals surface area contributed by atoms with Crippen LogP contribution in [0.5, 0.6) is 11.5 Å². The van der Waals surface area contributed by atoms with Gasteiger partial charge < -0.3 is 10.2 Å². The molecule has 0 heterocycles. The third kappa shape index (κ3) is 4.13. The van der Waals surface area contributed by atoms with Crippen molar-refractivity contribution in [3.05, 3.63) is 34.9 Å². The predicted octanol–water partition coefficient (Wildman–Crippen LogP) is 8.08. The summed E-state index contributed by atoms with van der Waals surface area (Å²) in [4.78, 5) is 0. The quantitative estimate of drug-likeness (QED) is 0.299. The van der Waals surface area contributed by atoms with Crippen molar-refractivity contribution < 1.29 is 10.2 Å². The molecule has 2 nitrogen and oxygen atoms in total. The van der Waals surface area contributed by atoms with E-state index in [2.05, 4.69) is 13.0 Å². The summed E-state index contributed by atoms with van der Waals surface area (Å²) < 4.78 is 0. The third-order valence-electron chi connectivity index (χ3n) is 7.49. The van der Waals surface area contributed by atoms with Crippen LogP contribution >= 0.6 is 0 Å². The van der Waals surface area contributed by atoms with Crippen LogP contribution in [0.15, 0.2) is 18.2 Å². The Kier molecular flexibility index (Phi) is 6.67. The predicted molar refractivity (Wildman–Crippen MR) is 122 cm³/mol. The minimum Gasteiger partial charge on any atom is -0.507 e. The lowest BCUT2D eigenvalue weighted by molar-refractivity contribution is 0.451. The first kappa shape index (κ1) is 20.6. The highest BCUT2D eigenvalue weighted by Crippen LogP contribution is 2.60. The van der Waals surface area contributed by atoms with E-state index < -0.39 is 0 Å². The van der Waals surface area contributed by atoms with Gasteiger partial charge in [0.15, 0.2) is 0 Å². The molecule has 0 radical (unpaired) electrons. The molecule has 0 aromatic heterocycles. The van der Waals surface area contributed by atoms with Crippen LogP contribution in [-0.4, -0.2) is 10.2 Å². The normalized spacial score (nSPS) is 19.9. The van der Waals surface area contributed by atoms with Gasteiger partial charge in [0.1, 0.15) is 11.5 Å². The average Bonchev–Trinajstić information content (AvgIpc) is 3.35. The van der Waals surface area contributed by atoms with Gasteiger partial charge in [-0.3, -0.25) is 0 Å². The summed E-state index contributed by atoms with van der Waals surface area (Å²) in [5.41, 5.74) is 3.34. The maximum absolute atomic E-state index is 11.1. The first-order valence-corrected chi connectivity index (χ1v) is 12.2. The van der Waals surface area contributed by atoms with Gasteiger partial charge >= 0.3 is 0 Å². The summed E-state index contributed by atoms with van der Waals surface area (Å²) in [6.45, 7) is 2.27. The Morgan fingerprint density at radius 1 is 0.759 bits per heavy atom. The van der Waals surface area contributed by atoms with Gasteiger partial charge in [-0.05, 0) is 49.5 Å². The van der Waals surface area contributed by atoms with E-state index in [9.17, 15) is 10.2 Å². The molecule has 2 aromatic rings. The molecule has 0 spiro atoms. The van der Waals surface area contributed by atoms with Gasteiger partial charge in [0, 0.05) is 21.9 Å². The molecule has 2 unspecified atom stereocenters. The number of hydrogen-bond acceptors (Lipinski definition) is 2. The summed E-state index contributed by atoms with van der Waals surface area (Å²) in [6, 6.07) is 6.18. The molecular weight excluding hydrogens is 356 g/mol. The molecule has 2 N–H and O–H groups in total. The van der Waals surface area contributed by atoms with E-state index in [1.165, 1.54) is 63.4 Å². The van der Waals surface area contributed by atoms with E-state index >= 15 is 0 Å². The Morgan fingerprint density at radius 3 is 2.00 bits per heavy atom. The molecule has 29 heavy (non-hydrogen) atoms. The van der Waals surface area contributed by atoms with Gasteiger partial charge in [-0.2, -0.15) is 0 Å². The molecule has 2 bridgehead atoms. The molecule has 4 rings (SSSR count). The first-order valence-electron chi connectivity index (χ1n) is 12.2. The monoisotopic (exact) mass is 394 g/mol. The molecular formula is C27H38O2. The van der Waals surface area contributed by atoms with Crippen molar-refractivity contribution in [3.8, 4) is 11.5 Å². The average molecular weight is 395 g/mol. The van der Waals surface area contributed by atoms with Crippen LogP contribution in [0.2, 0.25) is 0 Å². The molecule has 2 atom stereocenters. The third-order valence-corrected chi connectivity index (χ3v) is 7.49. The van der Waals surface area contributed by atoms with Gasteiger partial charge in [-0.25, -0.2) is 0 Å². The summed E-state index contributed by atoms with van der Waals surface area (Å²) in [6.07, 6.45) is 17.8. The van der Waals surface area contributed by atoms with Crippen molar-refractivity contribution in [2.45, 2.75) is 109 Å². The zero-order valence-corrected chi connectivity index (χ0v) is 18.2. The number of unbranched alkanes of at least 4 members (excludes halogenated alkanes) is 9. The highest BCUT2D eigenvalue weighted by atomic mass is 16.3. The summed E-state index contributed by atoms with van der Waals surface area (Å²) in [7, 11) is 0. The van der Waals surface area contributed by atoms with Crippen molar-refractivity contribution in [1.29, 1.82) is 0 Å². The molecule has 0 aliphatic heterocycles. The van der Waals surface area contributed by atoms with E-state index in [1.54, 1.807) is 0 Å². The van der Waals surface area contributed by atoms with Gasteiger partial charge in [0.2, 0.25) is 0 Å². The molecule has 158 valence electrons. The maximum atomic E-state index is 11.1. The van der Waals surface area contributed by atoms with Crippen LogP contribution < -0.4 is 0 Å². The lowest BCUT2D eigenvalue weighted by atomic mass is 9.85. The second-order valence-electron chi connectivity index (χ2n) is 9.50. The van der Waals surface area contributed by atoms with Gasteiger partial charge in [-0.15, -0.1) is 0 Å². The summed E-state index contributed by atoms with van der Waals surface area (Å²) >= 11 is 0. The second kappa shape index (κ2) is 9.41. The highest BCUT2D eigenvalue weighted by molar-refractivity contribution is 5.98. The fourth-order valence-electron chi connectivity index (χ4n) is 5.96. The van der Waals surface area contributed by atoms with Crippen molar-refractivity contribution >= 4 is 10.8 Å². The fraction of sp³-hybridized carbons (Fsp3) is 0.630. The first-order chi connectivity index (χ1) is 14.2. The zero-order valence-electron chi connectivity index (χ0n) is 18.2. The van der Waals surface area contributed by atoms with Crippen molar-refractivity contribution in [2.75, 3.05) is 0 Å². The van der Waals surface area contributed by atoms with E-state index in [4.69, 9.17) is 0 Å². The van der Waals surface area contributed by atoms with E-state index in [0.29, 0.717) is 23.3 Å². The van der Waals surface area contributed by atoms with Crippen LogP contribution in [0.4, 0.5) is 0 Å². The molecule has 0 amide bonds. The number of phenolic OH excluding ortho intramolecular Hbond substituents is 2. The lowest BCUT2D eigenvalue weighted by Gasteiger charge is -2.21. The largest absolute Gasteiger partial charge is 0.507 e. The van der Waals surface area contributed by atoms with E-state index in [1.807, 2.05) is 12.1 Å².